The van der Waals surface area contributed by atoms with E-state index in [1.165, 1.54) is 19.4 Å². The molecule has 1 aromatic carbocycles. The monoisotopic (exact) mass is 668 g/mol. The number of aromatic amines is 1. The van der Waals surface area contributed by atoms with E-state index in [4.69, 9.17) is 9.47 Å². The van der Waals surface area contributed by atoms with Crippen molar-refractivity contribution in [1.29, 1.82) is 0 Å². The molecule has 0 aliphatic carbocycles. The summed E-state index contributed by atoms with van der Waals surface area (Å²) < 4.78 is 52.6. The zero-order valence-corrected chi connectivity index (χ0v) is 26.1. The molecule has 10 nitrogen and oxygen atoms in total. The molecule has 14 heteroatoms. The molecule has 1 aliphatic rings. The van der Waals surface area contributed by atoms with Crippen molar-refractivity contribution in [1.82, 2.24) is 25.2 Å². The first-order valence-electron chi connectivity index (χ1n) is 14.0. The van der Waals surface area contributed by atoms with Gasteiger partial charge in [-0.3, -0.25) is 0 Å². The number of benzene rings is 1. The third kappa shape index (κ3) is 8.37. The Morgan fingerprint density at radius 2 is 1.98 bits per heavy atom. The van der Waals surface area contributed by atoms with Gasteiger partial charge in [0.05, 0.1) is 28.4 Å². The smallest absolute Gasteiger partial charge is 0.419 e. The summed E-state index contributed by atoms with van der Waals surface area (Å²) in [4.78, 5) is 37.5. The number of alkyl carbamates (subject to hydrolysis) is 1. The van der Waals surface area contributed by atoms with Gasteiger partial charge in [-0.1, -0.05) is 6.07 Å². The molecule has 3 heterocycles. The molecule has 3 N–H and O–H groups in total. The second kappa shape index (κ2) is 13.5. The Morgan fingerprint density at radius 3 is 2.67 bits per heavy atom. The molecule has 1 saturated heterocycles. The number of anilines is 1. The fourth-order valence-electron chi connectivity index (χ4n) is 5.02. The lowest BCUT2D eigenvalue weighted by molar-refractivity contribution is -0.137. The quantitative estimate of drug-likeness (QED) is 0.178. The van der Waals surface area contributed by atoms with Crippen LogP contribution in [0.5, 0.6) is 0 Å². The lowest BCUT2D eigenvalue weighted by atomic mass is 10.0. The molecule has 2 aromatic heterocycles. The number of carbonyl (C=O) groups excluding carboxylic acids is 2. The topological polar surface area (TPSA) is 121 Å². The Balaban J connectivity index is 1.44. The predicted octanol–water partition coefficient (Wildman–Crippen LogP) is 6.37. The lowest BCUT2D eigenvalue weighted by Crippen LogP contribution is -2.42. The van der Waals surface area contributed by atoms with Gasteiger partial charge in [0.15, 0.2) is 0 Å². The number of unbranched alkanes of at least 4 members (excludes halogenated alkanes) is 1. The van der Waals surface area contributed by atoms with Crippen molar-refractivity contribution in [3.05, 3.63) is 40.1 Å². The Bertz CT molecular complexity index is 1460. The van der Waals surface area contributed by atoms with E-state index in [-0.39, 0.29) is 28.8 Å². The van der Waals surface area contributed by atoms with Crippen molar-refractivity contribution in [3.8, 4) is 11.3 Å². The van der Waals surface area contributed by atoms with Crippen LogP contribution >= 0.6 is 15.9 Å². The van der Waals surface area contributed by atoms with Crippen molar-refractivity contribution in [2.75, 3.05) is 38.6 Å². The largest absolute Gasteiger partial charge is 0.465 e. The van der Waals surface area contributed by atoms with E-state index in [9.17, 15) is 22.8 Å². The van der Waals surface area contributed by atoms with E-state index >= 15 is 0 Å². The number of halogens is 4. The molecule has 4 rings (SSSR count). The van der Waals surface area contributed by atoms with Crippen LogP contribution in [0.2, 0.25) is 0 Å². The highest BCUT2D eigenvalue weighted by Crippen LogP contribution is 2.40. The summed E-state index contributed by atoms with van der Waals surface area (Å²) in [6, 6.07) is 3.01. The third-order valence-corrected chi connectivity index (χ3v) is 7.78. The number of esters is 1. The standard InChI is InChI=1S/C29H36BrF3N6O4/c1-28(2,3)43-27(41)34-11-5-6-12-39-13-7-8-17(16-39)37-26-36-15-21(29(31,32)33)23(38-26)20-14-35-24-18(20)9-10-19(22(24)30)25(40)42-4/h9-10,14-15,17,35H,5-8,11-13,16H2,1-4H3,(H,34,41)(H,36,37,38)/t17-/m0/s1. The van der Waals surface area contributed by atoms with Crippen molar-refractivity contribution in [2.24, 2.45) is 0 Å². The lowest BCUT2D eigenvalue weighted by Gasteiger charge is -2.33. The molecule has 1 amide bonds. The number of likely N-dealkylation sites (tertiary alicyclic amines) is 1. The first-order valence-corrected chi connectivity index (χ1v) is 14.8. The average Bonchev–Trinajstić information content (AvgIpc) is 3.36. The van der Waals surface area contributed by atoms with Crippen LogP contribution in [0.15, 0.2) is 29.0 Å². The Labute approximate surface area is 256 Å². The second-order valence-electron chi connectivity index (χ2n) is 11.4. The SMILES string of the molecule is COC(=O)c1ccc2c(-c3nc(N[C@H]4CCCN(CCCCNC(=O)OC(C)(C)C)C4)ncc3C(F)(F)F)c[nH]c2c1Br. The Morgan fingerprint density at radius 1 is 1.21 bits per heavy atom. The molecular formula is C29H36BrF3N6O4. The van der Waals surface area contributed by atoms with E-state index in [1.807, 2.05) is 20.8 Å². The molecule has 1 atom stereocenters. The molecule has 3 aromatic rings. The van der Waals surface area contributed by atoms with Crippen LogP contribution in [0, 0.1) is 0 Å². The fraction of sp³-hybridized carbons (Fsp3) is 0.517. The van der Waals surface area contributed by atoms with Crippen molar-refractivity contribution >= 4 is 44.8 Å². The van der Waals surface area contributed by atoms with Crippen molar-refractivity contribution in [2.45, 2.75) is 64.3 Å². The van der Waals surface area contributed by atoms with Crippen molar-refractivity contribution in [3.63, 3.8) is 0 Å². The fourth-order valence-corrected chi connectivity index (χ4v) is 5.64. The minimum Gasteiger partial charge on any atom is -0.465 e. The number of methoxy groups -OCH3 is 1. The van der Waals surface area contributed by atoms with Gasteiger partial charge in [0.25, 0.3) is 0 Å². The van der Waals surface area contributed by atoms with Gasteiger partial charge >= 0.3 is 18.2 Å². The zero-order valence-electron chi connectivity index (χ0n) is 24.5. The number of alkyl halides is 3. The van der Waals surface area contributed by atoms with Gasteiger partial charge in [-0.2, -0.15) is 13.2 Å². The molecule has 0 unspecified atom stereocenters. The van der Waals surface area contributed by atoms with Crippen LogP contribution in [0.3, 0.4) is 0 Å². The number of hydrogen-bond donors (Lipinski definition) is 3. The maximum absolute atomic E-state index is 14.0. The molecule has 1 fully saturated rings. The maximum Gasteiger partial charge on any atom is 0.419 e. The summed E-state index contributed by atoms with van der Waals surface area (Å²) in [7, 11) is 1.25. The molecule has 0 saturated carbocycles. The Hall–Kier alpha value is -3.39. The van der Waals surface area contributed by atoms with Crippen LogP contribution in [0.4, 0.5) is 23.9 Å². The van der Waals surface area contributed by atoms with Crippen molar-refractivity contribution < 1.29 is 32.2 Å². The normalized spacial score (nSPS) is 16.2. The summed E-state index contributed by atoms with van der Waals surface area (Å²) >= 11 is 3.37. The van der Waals surface area contributed by atoms with Gasteiger partial charge in [-0.25, -0.2) is 19.6 Å². The second-order valence-corrected chi connectivity index (χ2v) is 12.2. The first kappa shape index (κ1) is 32.5. The van der Waals surface area contributed by atoms with Crippen LogP contribution in [0.25, 0.3) is 22.2 Å². The summed E-state index contributed by atoms with van der Waals surface area (Å²) in [5.74, 6) is -0.468. The van der Waals surface area contributed by atoms with Gasteiger partial charge in [0.2, 0.25) is 5.95 Å². The van der Waals surface area contributed by atoms with Gasteiger partial charge in [0.1, 0.15) is 11.2 Å². The van der Waals surface area contributed by atoms with Gasteiger partial charge in [0, 0.05) is 42.5 Å². The number of nitrogens with one attached hydrogen (secondary N) is 3. The predicted molar refractivity (Wildman–Crippen MR) is 160 cm³/mol. The van der Waals surface area contributed by atoms with Crippen LogP contribution < -0.4 is 10.6 Å². The van der Waals surface area contributed by atoms with E-state index in [0.717, 1.165) is 45.0 Å². The highest BCUT2D eigenvalue weighted by Gasteiger charge is 2.36. The number of H-pyrrole nitrogens is 1. The number of hydrogen-bond acceptors (Lipinski definition) is 8. The van der Waals surface area contributed by atoms with Gasteiger partial charge < -0.3 is 30.0 Å². The van der Waals surface area contributed by atoms with E-state index in [0.29, 0.717) is 28.5 Å². The highest BCUT2D eigenvalue weighted by molar-refractivity contribution is 9.10. The maximum atomic E-state index is 14.0. The summed E-state index contributed by atoms with van der Waals surface area (Å²) in [6.07, 6.45) is 0.542. The van der Waals surface area contributed by atoms with Crippen LogP contribution in [-0.2, 0) is 15.7 Å². The average molecular weight is 670 g/mol. The number of amides is 1. The third-order valence-electron chi connectivity index (χ3n) is 6.96. The summed E-state index contributed by atoms with van der Waals surface area (Å²) in [5, 5.41) is 6.45. The summed E-state index contributed by atoms with van der Waals surface area (Å²) in [5.41, 5.74) is -0.847. The summed E-state index contributed by atoms with van der Waals surface area (Å²) in [6.45, 7) is 8.38. The van der Waals surface area contributed by atoms with E-state index in [1.54, 1.807) is 6.07 Å². The Kier molecular flexibility index (Phi) is 10.2. The number of carbonyl (C=O) groups is 2. The number of rotatable bonds is 9. The number of nitrogens with zero attached hydrogens (tertiary/aromatic N) is 3. The minimum atomic E-state index is -4.68. The minimum absolute atomic E-state index is 0.0436. The highest BCUT2D eigenvalue weighted by atomic mass is 79.9. The molecular weight excluding hydrogens is 633 g/mol. The van der Waals surface area contributed by atoms with Crippen LogP contribution in [-0.4, -0.2) is 76.8 Å². The molecule has 234 valence electrons. The molecule has 0 spiro atoms. The number of ether oxygens (including phenoxy) is 2. The molecule has 43 heavy (non-hydrogen) atoms. The van der Waals surface area contributed by atoms with Gasteiger partial charge in [-0.15, -0.1) is 0 Å². The molecule has 0 bridgehead atoms. The number of piperidine rings is 1. The zero-order chi connectivity index (χ0) is 31.4. The molecule has 0 radical (unpaired) electrons. The molecule has 1 aliphatic heterocycles. The van der Waals surface area contributed by atoms with E-state index in [2.05, 4.69) is 46.4 Å². The van der Waals surface area contributed by atoms with E-state index < -0.39 is 29.4 Å². The van der Waals surface area contributed by atoms with Gasteiger partial charge in [-0.05, 0) is 81.5 Å². The van der Waals surface area contributed by atoms with Crippen LogP contribution in [0.1, 0.15) is 62.4 Å². The number of aromatic nitrogens is 3. The first-order chi connectivity index (χ1) is 20.3. The number of fused-ring (bicyclic) bond motifs is 1.